The lowest BCUT2D eigenvalue weighted by Gasteiger charge is -2.28. The van der Waals surface area contributed by atoms with Crippen molar-refractivity contribution in [1.29, 1.82) is 0 Å². The second kappa shape index (κ2) is 6.03. The van der Waals surface area contributed by atoms with Gasteiger partial charge in [0.1, 0.15) is 0 Å². The second-order valence-electron chi connectivity index (χ2n) is 5.76. The molecule has 1 aromatic heterocycles. The SMILES string of the molecule is CC1(CNC(=O)Cc2ccn[nH]2)CCCCCC1. The fourth-order valence-corrected chi connectivity index (χ4v) is 2.69. The first kappa shape index (κ1) is 13.1. The van der Waals surface area contributed by atoms with Crippen molar-refractivity contribution in [3.05, 3.63) is 18.0 Å². The average Bonchev–Trinajstić information content (AvgIpc) is 2.75. The van der Waals surface area contributed by atoms with Crippen LogP contribution in [0.2, 0.25) is 0 Å². The van der Waals surface area contributed by atoms with Crippen molar-refractivity contribution >= 4 is 5.91 Å². The highest BCUT2D eigenvalue weighted by atomic mass is 16.1. The summed E-state index contributed by atoms with van der Waals surface area (Å²) in [6, 6.07) is 1.84. The van der Waals surface area contributed by atoms with Crippen LogP contribution in [0.3, 0.4) is 0 Å². The molecule has 1 fully saturated rings. The van der Waals surface area contributed by atoms with E-state index in [1.807, 2.05) is 6.07 Å². The summed E-state index contributed by atoms with van der Waals surface area (Å²) in [5.41, 5.74) is 1.17. The fraction of sp³-hybridized carbons (Fsp3) is 0.714. The molecule has 100 valence electrons. The van der Waals surface area contributed by atoms with Crippen LogP contribution < -0.4 is 5.32 Å². The number of carbonyl (C=O) groups excluding carboxylic acids is 1. The molecule has 4 heteroatoms. The van der Waals surface area contributed by atoms with Crippen LogP contribution in [0.1, 0.15) is 51.1 Å². The predicted octanol–water partition coefficient (Wildman–Crippen LogP) is 2.43. The quantitative estimate of drug-likeness (QED) is 0.805. The van der Waals surface area contributed by atoms with Gasteiger partial charge in [-0.25, -0.2) is 0 Å². The molecule has 18 heavy (non-hydrogen) atoms. The molecule has 1 aliphatic rings. The van der Waals surface area contributed by atoms with Crippen LogP contribution in [-0.4, -0.2) is 22.6 Å². The van der Waals surface area contributed by atoms with Gasteiger partial charge in [-0.05, 0) is 24.3 Å². The summed E-state index contributed by atoms with van der Waals surface area (Å²) in [6.07, 6.45) is 9.83. The van der Waals surface area contributed by atoms with E-state index in [2.05, 4.69) is 22.4 Å². The topological polar surface area (TPSA) is 57.8 Å². The molecule has 1 amide bonds. The molecule has 2 rings (SSSR count). The van der Waals surface area contributed by atoms with Gasteiger partial charge in [0.15, 0.2) is 0 Å². The maximum Gasteiger partial charge on any atom is 0.226 e. The summed E-state index contributed by atoms with van der Waals surface area (Å²) in [4.78, 5) is 11.8. The first-order valence-corrected chi connectivity index (χ1v) is 6.93. The highest BCUT2D eigenvalue weighted by Gasteiger charge is 2.25. The van der Waals surface area contributed by atoms with Crippen LogP contribution in [0.25, 0.3) is 0 Å². The van der Waals surface area contributed by atoms with Gasteiger partial charge in [0.25, 0.3) is 0 Å². The molecule has 1 aliphatic carbocycles. The number of H-pyrrole nitrogens is 1. The van der Waals surface area contributed by atoms with Gasteiger partial charge in [0.05, 0.1) is 6.42 Å². The third-order valence-electron chi connectivity index (χ3n) is 3.93. The first-order chi connectivity index (χ1) is 8.68. The number of nitrogens with one attached hydrogen (secondary N) is 2. The van der Waals surface area contributed by atoms with Crippen molar-refractivity contribution in [2.45, 2.75) is 51.9 Å². The standard InChI is InChI=1S/C14H23N3O/c1-14(7-4-2-3-5-8-14)11-15-13(18)10-12-6-9-16-17-12/h6,9H,2-5,7-8,10-11H2,1H3,(H,15,18)(H,16,17). The van der Waals surface area contributed by atoms with Crippen molar-refractivity contribution in [3.8, 4) is 0 Å². The predicted molar refractivity (Wildman–Crippen MR) is 71.1 cm³/mol. The van der Waals surface area contributed by atoms with Crippen LogP contribution in [0.4, 0.5) is 0 Å². The zero-order valence-electron chi connectivity index (χ0n) is 11.2. The minimum absolute atomic E-state index is 0.0877. The van der Waals surface area contributed by atoms with Gasteiger partial charge in [0.2, 0.25) is 5.91 Å². The highest BCUT2D eigenvalue weighted by Crippen LogP contribution is 2.33. The number of aromatic amines is 1. The van der Waals surface area contributed by atoms with Crippen LogP contribution in [-0.2, 0) is 11.2 Å². The smallest absolute Gasteiger partial charge is 0.226 e. The van der Waals surface area contributed by atoms with Crippen LogP contribution in [0, 0.1) is 5.41 Å². The third-order valence-corrected chi connectivity index (χ3v) is 3.93. The van der Waals surface area contributed by atoms with Crippen LogP contribution >= 0.6 is 0 Å². The Morgan fingerprint density at radius 3 is 2.72 bits per heavy atom. The minimum atomic E-state index is 0.0877. The van der Waals surface area contributed by atoms with E-state index < -0.39 is 0 Å². The Kier molecular flexibility index (Phi) is 4.39. The molecular weight excluding hydrogens is 226 g/mol. The molecule has 2 N–H and O–H groups in total. The Morgan fingerprint density at radius 1 is 1.39 bits per heavy atom. The summed E-state index contributed by atoms with van der Waals surface area (Å²) < 4.78 is 0. The Bertz CT molecular complexity index is 364. The van der Waals surface area contributed by atoms with Crippen molar-refractivity contribution in [1.82, 2.24) is 15.5 Å². The van der Waals surface area contributed by atoms with Gasteiger partial charge < -0.3 is 5.32 Å². The van der Waals surface area contributed by atoms with E-state index >= 15 is 0 Å². The van der Waals surface area contributed by atoms with Crippen LogP contribution in [0.15, 0.2) is 12.3 Å². The van der Waals surface area contributed by atoms with Gasteiger partial charge in [0, 0.05) is 18.4 Å². The van der Waals surface area contributed by atoms with Crippen molar-refractivity contribution in [2.75, 3.05) is 6.54 Å². The number of amides is 1. The molecule has 0 spiro atoms. The van der Waals surface area contributed by atoms with Crippen LogP contribution in [0.5, 0.6) is 0 Å². The maximum atomic E-state index is 11.8. The molecular formula is C14H23N3O. The van der Waals surface area contributed by atoms with Crippen molar-refractivity contribution < 1.29 is 4.79 Å². The first-order valence-electron chi connectivity index (χ1n) is 6.93. The molecule has 1 aromatic rings. The summed E-state index contributed by atoms with van der Waals surface area (Å²) in [7, 11) is 0. The monoisotopic (exact) mass is 249 g/mol. The summed E-state index contributed by atoms with van der Waals surface area (Å²) in [6.45, 7) is 3.11. The number of nitrogens with zero attached hydrogens (tertiary/aromatic N) is 1. The minimum Gasteiger partial charge on any atom is -0.355 e. The molecule has 0 saturated heterocycles. The largest absolute Gasteiger partial charge is 0.355 e. The Balaban J connectivity index is 1.77. The van der Waals surface area contributed by atoms with Crippen molar-refractivity contribution in [2.24, 2.45) is 5.41 Å². The Labute approximate surface area is 109 Å². The van der Waals surface area contributed by atoms with E-state index in [1.165, 1.54) is 38.5 Å². The molecule has 0 aliphatic heterocycles. The normalized spacial score (nSPS) is 19.2. The van der Waals surface area contributed by atoms with E-state index in [0.29, 0.717) is 11.8 Å². The number of carbonyl (C=O) groups is 1. The number of rotatable bonds is 4. The number of hydrogen-bond donors (Lipinski definition) is 2. The van der Waals surface area contributed by atoms with Gasteiger partial charge in [-0.1, -0.05) is 32.6 Å². The molecule has 0 bridgehead atoms. The third kappa shape index (κ3) is 3.86. The van der Waals surface area contributed by atoms with Gasteiger partial charge in [-0.2, -0.15) is 5.10 Å². The molecule has 1 heterocycles. The fourth-order valence-electron chi connectivity index (χ4n) is 2.69. The molecule has 0 aromatic carbocycles. The maximum absolute atomic E-state index is 11.8. The van der Waals surface area contributed by atoms with E-state index in [0.717, 1.165) is 12.2 Å². The summed E-state index contributed by atoms with van der Waals surface area (Å²) in [5, 5.41) is 9.73. The van der Waals surface area contributed by atoms with E-state index in [9.17, 15) is 4.79 Å². The van der Waals surface area contributed by atoms with Crippen molar-refractivity contribution in [3.63, 3.8) is 0 Å². The van der Waals surface area contributed by atoms with E-state index in [4.69, 9.17) is 0 Å². The Morgan fingerprint density at radius 2 is 2.11 bits per heavy atom. The molecule has 4 nitrogen and oxygen atoms in total. The van der Waals surface area contributed by atoms with E-state index in [-0.39, 0.29) is 5.91 Å². The lowest BCUT2D eigenvalue weighted by molar-refractivity contribution is -0.121. The summed E-state index contributed by atoms with van der Waals surface area (Å²) >= 11 is 0. The summed E-state index contributed by atoms with van der Waals surface area (Å²) in [5.74, 6) is 0.0877. The van der Waals surface area contributed by atoms with Gasteiger partial charge in [-0.15, -0.1) is 0 Å². The molecule has 1 saturated carbocycles. The Hall–Kier alpha value is -1.32. The molecule has 0 atom stereocenters. The van der Waals surface area contributed by atoms with E-state index in [1.54, 1.807) is 6.20 Å². The molecule has 0 unspecified atom stereocenters. The lowest BCUT2D eigenvalue weighted by Crippen LogP contribution is -2.36. The highest BCUT2D eigenvalue weighted by molar-refractivity contribution is 5.78. The zero-order chi connectivity index (χ0) is 12.8. The second-order valence-corrected chi connectivity index (χ2v) is 5.76. The average molecular weight is 249 g/mol. The number of hydrogen-bond acceptors (Lipinski definition) is 2. The van der Waals surface area contributed by atoms with Gasteiger partial charge in [-0.3, -0.25) is 9.89 Å². The van der Waals surface area contributed by atoms with Gasteiger partial charge >= 0.3 is 0 Å². The number of aromatic nitrogens is 2. The zero-order valence-corrected chi connectivity index (χ0v) is 11.2. The molecule has 0 radical (unpaired) electrons. The lowest BCUT2D eigenvalue weighted by atomic mass is 9.82.